The second-order valence-corrected chi connectivity index (χ2v) is 13.2. The summed E-state index contributed by atoms with van der Waals surface area (Å²) in [6.45, 7) is 17.9. The van der Waals surface area contributed by atoms with Crippen LogP contribution in [-0.2, 0) is 13.9 Å². The number of hydrogen-bond acceptors (Lipinski definition) is 4. The molecule has 0 N–H and O–H groups in total. The fourth-order valence-electron chi connectivity index (χ4n) is 4.03. The van der Waals surface area contributed by atoms with Gasteiger partial charge >= 0.3 is 0 Å². The van der Waals surface area contributed by atoms with Crippen LogP contribution >= 0.6 is 0 Å². The van der Waals surface area contributed by atoms with Gasteiger partial charge in [0.05, 0.1) is 18.8 Å². The van der Waals surface area contributed by atoms with Crippen LogP contribution in [0.4, 0.5) is 0 Å². The molecule has 0 aliphatic carbocycles. The van der Waals surface area contributed by atoms with Crippen LogP contribution in [0.25, 0.3) is 0 Å². The molecule has 0 aromatic heterocycles. The molecule has 0 amide bonds. The van der Waals surface area contributed by atoms with Crippen molar-refractivity contribution in [2.24, 2.45) is 0 Å². The van der Waals surface area contributed by atoms with Gasteiger partial charge < -0.3 is 13.9 Å². The molecule has 0 spiro atoms. The number of nitriles is 1. The van der Waals surface area contributed by atoms with Crippen LogP contribution in [0.3, 0.4) is 0 Å². The van der Waals surface area contributed by atoms with Crippen molar-refractivity contribution in [3.05, 3.63) is 0 Å². The molecule has 0 radical (unpaired) electrons. The first-order valence-electron chi connectivity index (χ1n) is 8.44. The molecule has 1 rings (SSSR count). The summed E-state index contributed by atoms with van der Waals surface area (Å²) in [7, 11) is -1.89. The van der Waals surface area contributed by atoms with Crippen LogP contribution in [0.15, 0.2) is 0 Å². The van der Waals surface area contributed by atoms with Gasteiger partial charge in [-0.3, -0.25) is 0 Å². The summed E-state index contributed by atoms with van der Waals surface area (Å²) < 4.78 is 18.2. The molecular formula is C17H33NO3Si. The van der Waals surface area contributed by atoms with E-state index in [1.807, 2.05) is 13.8 Å². The third-order valence-corrected chi connectivity index (χ3v) is 10.8. The zero-order valence-corrected chi connectivity index (χ0v) is 16.5. The lowest BCUT2D eigenvalue weighted by Gasteiger charge is -2.44. The molecule has 4 nitrogen and oxygen atoms in total. The van der Waals surface area contributed by atoms with Crippen molar-refractivity contribution in [1.82, 2.24) is 0 Å². The van der Waals surface area contributed by atoms with E-state index in [0.29, 0.717) is 29.7 Å². The molecule has 1 fully saturated rings. The summed E-state index contributed by atoms with van der Waals surface area (Å²) >= 11 is 0. The first-order valence-corrected chi connectivity index (χ1v) is 10.6. The highest BCUT2D eigenvalue weighted by molar-refractivity contribution is 6.77. The minimum atomic E-state index is -1.89. The van der Waals surface area contributed by atoms with Crippen molar-refractivity contribution in [2.75, 3.05) is 6.61 Å². The first kappa shape index (κ1) is 19.6. The van der Waals surface area contributed by atoms with Gasteiger partial charge in [0.15, 0.2) is 14.1 Å². The minimum absolute atomic E-state index is 0.0727. The molecule has 5 heteroatoms. The van der Waals surface area contributed by atoms with Crippen LogP contribution in [0, 0.1) is 11.3 Å². The van der Waals surface area contributed by atoms with Gasteiger partial charge in [0, 0.05) is 6.42 Å². The Labute approximate surface area is 137 Å². The molecule has 1 aliphatic rings. The average Bonchev–Trinajstić information content (AvgIpc) is 2.36. The third-order valence-electron chi connectivity index (χ3n) is 4.72. The fourth-order valence-corrected chi connectivity index (χ4v) is 9.50. The van der Waals surface area contributed by atoms with Crippen LogP contribution in [0.1, 0.15) is 61.8 Å². The van der Waals surface area contributed by atoms with Gasteiger partial charge in [-0.05, 0) is 30.5 Å². The Morgan fingerprint density at radius 3 is 2.00 bits per heavy atom. The zero-order valence-electron chi connectivity index (χ0n) is 15.5. The molecule has 0 aromatic rings. The number of hydrogen-bond donors (Lipinski definition) is 0. The number of nitrogens with zero attached hydrogens (tertiary/aromatic N) is 1. The Kier molecular flexibility index (Phi) is 6.64. The highest BCUT2D eigenvalue weighted by atomic mass is 28.4. The van der Waals surface area contributed by atoms with Gasteiger partial charge in [0.25, 0.3) is 0 Å². The van der Waals surface area contributed by atoms with E-state index in [4.69, 9.17) is 13.9 Å². The third kappa shape index (κ3) is 4.32. The molecule has 128 valence electrons. The standard InChI is InChI=1S/C17H33NO3Si/c1-12(2)22(13(3)4,14(5)6)19-11-16-9-15(10-18)20-17(7,8)21-16/h12-16H,9,11H2,1-8H3/t15?,16-/m0/s1. The lowest BCUT2D eigenvalue weighted by Crippen LogP contribution is -2.52. The van der Waals surface area contributed by atoms with E-state index < -0.39 is 20.2 Å². The van der Waals surface area contributed by atoms with Gasteiger partial charge in [-0.15, -0.1) is 0 Å². The second-order valence-electron chi connectivity index (χ2n) is 7.74. The monoisotopic (exact) mass is 327 g/mol. The predicted octanol–water partition coefficient (Wildman–Crippen LogP) is 4.61. The van der Waals surface area contributed by atoms with E-state index in [9.17, 15) is 5.26 Å². The average molecular weight is 328 g/mol. The van der Waals surface area contributed by atoms with E-state index in [-0.39, 0.29) is 6.10 Å². The maximum atomic E-state index is 9.17. The van der Waals surface area contributed by atoms with E-state index in [0.717, 1.165) is 0 Å². The minimum Gasteiger partial charge on any atom is -0.413 e. The van der Waals surface area contributed by atoms with Gasteiger partial charge in [-0.25, -0.2) is 0 Å². The summed E-state index contributed by atoms with van der Waals surface area (Å²) in [6.07, 6.45) is 0.0979. The van der Waals surface area contributed by atoms with Crippen molar-refractivity contribution in [3.8, 4) is 6.07 Å². The Morgan fingerprint density at radius 2 is 1.59 bits per heavy atom. The maximum Gasteiger partial charge on any atom is 0.200 e. The van der Waals surface area contributed by atoms with E-state index >= 15 is 0 Å². The van der Waals surface area contributed by atoms with Crippen LogP contribution in [-0.4, -0.2) is 32.9 Å². The van der Waals surface area contributed by atoms with Crippen molar-refractivity contribution in [3.63, 3.8) is 0 Å². The molecule has 1 unspecified atom stereocenters. The van der Waals surface area contributed by atoms with E-state index in [2.05, 4.69) is 47.6 Å². The highest BCUT2D eigenvalue weighted by Gasteiger charge is 2.46. The van der Waals surface area contributed by atoms with Crippen molar-refractivity contribution >= 4 is 8.32 Å². The molecule has 1 saturated heterocycles. The molecule has 0 bridgehead atoms. The van der Waals surface area contributed by atoms with Gasteiger partial charge in [0.2, 0.25) is 0 Å². The Bertz CT molecular complexity index is 379. The van der Waals surface area contributed by atoms with Crippen molar-refractivity contribution in [2.45, 2.75) is 96.4 Å². The SMILES string of the molecule is CC(C)[Si](OC[C@@H]1CC(C#N)OC(C)(C)O1)(C(C)C)C(C)C. The van der Waals surface area contributed by atoms with Gasteiger partial charge in [-0.2, -0.15) is 5.26 Å². The van der Waals surface area contributed by atoms with Crippen LogP contribution < -0.4 is 0 Å². The summed E-state index contributed by atoms with van der Waals surface area (Å²) in [5.41, 5.74) is 1.64. The van der Waals surface area contributed by atoms with Crippen LogP contribution in [0.5, 0.6) is 0 Å². The Morgan fingerprint density at radius 1 is 1.09 bits per heavy atom. The van der Waals surface area contributed by atoms with Gasteiger partial charge in [0.1, 0.15) is 6.10 Å². The molecular weight excluding hydrogens is 294 g/mol. The topological polar surface area (TPSA) is 51.5 Å². The first-order chi connectivity index (χ1) is 10.0. The lowest BCUT2D eigenvalue weighted by atomic mass is 10.1. The van der Waals surface area contributed by atoms with Crippen LogP contribution in [0.2, 0.25) is 16.6 Å². The van der Waals surface area contributed by atoms with Gasteiger partial charge in [-0.1, -0.05) is 41.5 Å². The Hall–Kier alpha value is -0.413. The Balaban J connectivity index is 2.83. The number of ether oxygens (including phenoxy) is 2. The number of rotatable bonds is 6. The quantitative estimate of drug-likeness (QED) is 0.668. The largest absolute Gasteiger partial charge is 0.413 e. The molecule has 1 heterocycles. The second kappa shape index (κ2) is 7.44. The normalized spacial score (nSPS) is 25.7. The maximum absolute atomic E-state index is 9.17. The summed E-state index contributed by atoms with van der Waals surface area (Å²) in [5, 5.41) is 9.17. The molecule has 1 aliphatic heterocycles. The smallest absolute Gasteiger partial charge is 0.200 e. The van der Waals surface area contributed by atoms with E-state index in [1.165, 1.54) is 0 Å². The van der Waals surface area contributed by atoms with E-state index in [1.54, 1.807) is 0 Å². The van der Waals surface area contributed by atoms with Crippen molar-refractivity contribution < 1.29 is 13.9 Å². The summed E-state index contributed by atoms with van der Waals surface area (Å²) in [4.78, 5) is 0. The van der Waals surface area contributed by atoms with Crippen molar-refractivity contribution in [1.29, 1.82) is 5.26 Å². The lowest BCUT2D eigenvalue weighted by molar-refractivity contribution is -0.292. The highest BCUT2D eigenvalue weighted by Crippen LogP contribution is 2.42. The summed E-state index contributed by atoms with van der Waals surface area (Å²) in [6, 6.07) is 2.21. The zero-order chi connectivity index (χ0) is 17.1. The fraction of sp³-hybridized carbons (Fsp3) is 0.941. The predicted molar refractivity (Wildman–Crippen MR) is 91.1 cm³/mol. The molecule has 2 atom stereocenters. The summed E-state index contributed by atoms with van der Waals surface area (Å²) in [5.74, 6) is -0.718. The molecule has 22 heavy (non-hydrogen) atoms. The molecule has 0 saturated carbocycles. The molecule has 0 aromatic carbocycles.